The van der Waals surface area contributed by atoms with Crippen molar-refractivity contribution in [3.8, 4) is 0 Å². The van der Waals surface area contributed by atoms with Crippen LogP contribution in [0.5, 0.6) is 0 Å². The van der Waals surface area contributed by atoms with E-state index in [4.69, 9.17) is 15.6 Å². The summed E-state index contributed by atoms with van der Waals surface area (Å²) in [4.78, 5) is 12.7. The van der Waals surface area contributed by atoms with Crippen molar-refractivity contribution in [2.24, 2.45) is 5.73 Å². The van der Waals surface area contributed by atoms with Gasteiger partial charge in [-0.1, -0.05) is 0 Å². The Morgan fingerprint density at radius 1 is 1.75 bits per heavy atom. The van der Waals surface area contributed by atoms with Crippen molar-refractivity contribution >= 4 is 5.91 Å². The molecule has 5 nitrogen and oxygen atoms in total. The number of nitrogens with two attached hydrogens (primary N) is 1. The lowest BCUT2D eigenvalue weighted by Gasteiger charge is -2.28. The van der Waals surface area contributed by atoms with Crippen LogP contribution >= 0.6 is 0 Å². The number of morpholine rings is 1. The van der Waals surface area contributed by atoms with E-state index in [1.807, 2.05) is 0 Å². The van der Waals surface area contributed by atoms with Crippen LogP contribution in [0.2, 0.25) is 0 Å². The highest BCUT2D eigenvalue weighted by atomic mass is 16.5. The first-order chi connectivity index (χ1) is 5.74. The lowest BCUT2D eigenvalue weighted by atomic mass is 10.3. The van der Waals surface area contributed by atoms with Crippen LogP contribution in [0, 0.1) is 0 Å². The average molecular weight is 174 g/mol. The third-order valence-electron chi connectivity index (χ3n) is 1.79. The second-order valence-electron chi connectivity index (χ2n) is 2.78. The second-order valence-corrected chi connectivity index (χ2v) is 2.78. The molecule has 0 aromatic carbocycles. The summed E-state index contributed by atoms with van der Waals surface area (Å²) in [6.45, 7) is 1.72. The van der Waals surface area contributed by atoms with E-state index in [2.05, 4.69) is 0 Å². The summed E-state index contributed by atoms with van der Waals surface area (Å²) in [5.74, 6) is -0.0752. The van der Waals surface area contributed by atoms with Gasteiger partial charge in [0.05, 0.1) is 12.7 Å². The van der Waals surface area contributed by atoms with Gasteiger partial charge in [-0.05, 0) is 0 Å². The molecule has 1 aliphatic heterocycles. The van der Waals surface area contributed by atoms with Crippen LogP contribution in [0.15, 0.2) is 0 Å². The van der Waals surface area contributed by atoms with Crippen molar-refractivity contribution in [3.05, 3.63) is 0 Å². The van der Waals surface area contributed by atoms with E-state index in [0.29, 0.717) is 19.7 Å². The van der Waals surface area contributed by atoms with Crippen LogP contribution < -0.4 is 5.73 Å². The number of amides is 1. The quantitative estimate of drug-likeness (QED) is 0.527. The van der Waals surface area contributed by atoms with Crippen LogP contribution in [0.4, 0.5) is 0 Å². The van der Waals surface area contributed by atoms with Gasteiger partial charge in [-0.15, -0.1) is 0 Å². The van der Waals surface area contributed by atoms with Gasteiger partial charge < -0.3 is 20.5 Å². The molecule has 0 aromatic heterocycles. The first-order valence-corrected chi connectivity index (χ1v) is 3.97. The molecule has 1 saturated heterocycles. The predicted octanol–water partition coefficient (Wildman–Crippen LogP) is -1.84. The molecule has 0 aromatic rings. The van der Waals surface area contributed by atoms with E-state index in [-0.39, 0.29) is 19.1 Å². The fourth-order valence-electron chi connectivity index (χ4n) is 1.07. The number of nitrogens with zero attached hydrogens (tertiary/aromatic N) is 1. The maximum Gasteiger partial charge on any atom is 0.248 e. The molecule has 1 heterocycles. The van der Waals surface area contributed by atoms with Gasteiger partial charge in [0.15, 0.2) is 0 Å². The SMILES string of the molecule is NCC(O)CN1CCOCC1=O. The van der Waals surface area contributed by atoms with E-state index >= 15 is 0 Å². The molecule has 5 heteroatoms. The number of ether oxygens (including phenoxy) is 1. The van der Waals surface area contributed by atoms with Crippen molar-refractivity contribution in [1.29, 1.82) is 0 Å². The second kappa shape index (κ2) is 4.39. The van der Waals surface area contributed by atoms with Crippen molar-refractivity contribution in [1.82, 2.24) is 4.90 Å². The van der Waals surface area contributed by atoms with E-state index in [1.165, 1.54) is 0 Å². The van der Waals surface area contributed by atoms with E-state index in [0.717, 1.165) is 0 Å². The monoisotopic (exact) mass is 174 g/mol. The van der Waals surface area contributed by atoms with Crippen LogP contribution in [-0.4, -0.2) is 54.9 Å². The maximum absolute atomic E-state index is 11.1. The van der Waals surface area contributed by atoms with Gasteiger partial charge in [0.25, 0.3) is 0 Å². The van der Waals surface area contributed by atoms with Gasteiger partial charge in [-0.2, -0.15) is 0 Å². The lowest BCUT2D eigenvalue weighted by molar-refractivity contribution is -0.144. The molecule has 1 unspecified atom stereocenters. The van der Waals surface area contributed by atoms with E-state index in [9.17, 15) is 4.79 Å². The average Bonchev–Trinajstić information content (AvgIpc) is 2.09. The van der Waals surface area contributed by atoms with Crippen molar-refractivity contribution < 1.29 is 14.6 Å². The van der Waals surface area contributed by atoms with Gasteiger partial charge in [0.1, 0.15) is 6.61 Å². The Morgan fingerprint density at radius 2 is 2.50 bits per heavy atom. The normalized spacial score (nSPS) is 21.2. The maximum atomic E-state index is 11.1. The number of rotatable bonds is 3. The minimum absolute atomic E-state index is 0.0752. The van der Waals surface area contributed by atoms with Crippen LogP contribution in [0.1, 0.15) is 0 Å². The zero-order chi connectivity index (χ0) is 8.97. The number of carbonyl (C=O) groups excluding carboxylic acids is 1. The molecule has 0 radical (unpaired) electrons. The van der Waals surface area contributed by atoms with E-state index in [1.54, 1.807) is 4.90 Å². The highest BCUT2D eigenvalue weighted by Gasteiger charge is 2.20. The Kier molecular flexibility index (Phi) is 3.46. The molecule has 70 valence electrons. The fraction of sp³-hybridized carbons (Fsp3) is 0.857. The molecule has 0 bridgehead atoms. The Bertz CT molecular complexity index is 163. The number of β-amino-alcohol motifs (C(OH)–C–C–N with tert-alkyl or cyclic N) is 1. The molecule has 0 spiro atoms. The first-order valence-electron chi connectivity index (χ1n) is 3.97. The van der Waals surface area contributed by atoms with Crippen LogP contribution in [-0.2, 0) is 9.53 Å². The summed E-state index contributed by atoms with van der Waals surface area (Å²) in [5, 5.41) is 9.17. The number of carbonyl (C=O) groups is 1. The molecule has 12 heavy (non-hydrogen) atoms. The molecule has 0 saturated carbocycles. The van der Waals surface area contributed by atoms with Gasteiger partial charge in [-0.3, -0.25) is 4.79 Å². The summed E-state index contributed by atoms with van der Waals surface area (Å²) < 4.78 is 4.92. The number of hydrogen-bond acceptors (Lipinski definition) is 4. The Balaban J connectivity index is 2.34. The molecule has 1 amide bonds. The third kappa shape index (κ3) is 2.44. The van der Waals surface area contributed by atoms with Crippen molar-refractivity contribution in [2.45, 2.75) is 6.10 Å². The topological polar surface area (TPSA) is 75.8 Å². The largest absolute Gasteiger partial charge is 0.390 e. The number of hydrogen-bond donors (Lipinski definition) is 2. The summed E-state index contributed by atoms with van der Waals surface area (Å²) in [6, 6.07) is 0. The van der Waals surface area contributed by atoms with Crippen LogP contribution in [0.25, 0.3) is 0 Å². The van der Waals surface area contributed by atoms with E-state index < -0.39 is 6.10 Å². The summed E-state index contributed by atoms with van der Waals surface area (Å²) in [5.41, 5.74) is 5.22. The molecular formula is C7H14N2O3. The minimum atomic E-state index is -0.618. The highest BCUT2D eigenvalue weighted by Crippen LogP contribution is 1.99. The third-order valence-corrected chi connectivity index (χ3v) is 1.79. The molecule has 3 N–H and O–H groups in total. The van der Waals surface area contributed by atoms with Gasteiger partial charge in [0.2, 0.25) is 5.91 Å². The Labute approximate surface area is 71.1 Å². The molecule has 1 atom stereocenters. The molecule has 1 rings (SSSR count). The lowest BCUT2D eigenvalue weighted by Crippen LogP contribution is -2.46. The Morgan fingerprint density at radius 3 is 3.08 bits per heavy atom. The molecule has 1 fully saturated rings. The number of aliphatic hydroxyl groups is 1. The van der Waals surface area contributed by atoms with Gasteiger partial charge in [-0.25, -0.2) is 0 Å². The first kappa shape index (κ1) is 9.44. The zero-order valence-corrected chi connectivity index (χ0v) is 6.90. The van der Waals surface area contributed by atoms with Gasteiger partial charge >= 0.3 is 0 Å². The summed E-state index contributed by atoms with van der Waals surface area (Å²) in [6.07, 6.45) is -0.618. The summed E-state index contributed by atoms with van der Waals surface area (Å²) >= 11 is 0. The summed E-state index contributed by atoms with van der Waals surface area (Å²) in [7, 11) is 0. The fourth-order valence-corrected chi connectivity index (χ4v) is 1.07. The van der Waals surface area contributed by atoms with Crippen molar-refractivity contribution in [2.75, 3.05) is 32.8 Å². The number of aliphatic hydroxyl groups excluding tert-OH is 1. The minimum Gasteiger partial charge on any atom is -0.390 e. The predicted molar refractivity (Wildman–Crippen MR) is 42.5 cm³/mol. The molecular weight excluding hydrogens is 160 g/mol. The zero-order valence-electron chi connectivity index (χ0n) is 6.90. The molecule has 1 aliphatic rings. The highest BCUT2D eigenvalue weighted by molar-refractivity contribution is 5.78. The van der Waals surface area contributed by atoms with Gasteiger partial charge in [0, 0.05) is 19.6 Å². The Hall–Kier alpha value is -0.650. The standard InChI is InChI=1S/C7H14N2O3/c8-3-6(10)4-9-1-2-12-5-7(9)11/h6,10H,1-5,8H2. The molecule has 0 aliphatic carbocycles. The van der Waals surface area contributed by atoms with Crippen molar-refractivity contribution in [3.63, 3.8) is 0 Å². The smallest absolute Gasteiger partial charge is 0.248 e. The van der Waals surface area contributed by atoms with Crippen LogP contribution in [0.3, 0.4) is 0 Å².